The first-order valence-corrected chi connectivity index (χ1v) is 11.5. The lowest BCUT2D eigenvalue weighted by Gasteiger charge is -2.50. The summed E-state index contributed by atoms with van der Waals surface area (Å²) in [5, 5.41) is 4.04. The van der Waals surface area contributed by atoms with Gasteiger partial charge in [0.05, 0.1) is 13.2 Å². The van der Waals surface area contributed by atoms with Gasteiger partial charge in [-0.2, -0.15) is 10.1 Å². The molecule has 30 heavy (non-hydrogen) atoms. The summed E-state index contributed by atoms with van der Waals surface area (Å²) < 4.78 is 0. The molecule has 2 heterocycles. The predicted octanol–water partition coefficient (Wildman–Crippen LogP) is 5.10. The second-order valence-corrected chi connectivity index (χ2v) is 11.3. The lowest BCUT2D eigenvalue weighted by atomic mass is 9.81. The first kappa shape index (κ1) is 27.2. The first-order chi connectivity index (χ1) is 13.6. The van der Waals surface area contributed by atoms with Crippen LogP contribution in [0.15, 0.2) is 0 Å². The van der Waals surface area contributed by atoms with Crippen molar-refractivity contribution >= 4 is 11.6 Å². The van der Waals surface area contributed by atoms with E-state index in [0.717, 1.165) is 26.1 Å². The van der Waals surface area contributed by atoms with Crippen LogP contribution in [-0.4, -0.2) is 57.1 Å². The van der Waals surface area contributed by atoms with Gasteiger partial charge in [0.1, 0.15) is 11.6 Å². The van der Waals surface area contributed by atoms with Crippen LogP contribution in [0.4, 0.5) is 0 Å². The maximum atomic E-state index is 11.6. The van der Waals surface area contributed by atoms with Crippen molar-refractivity contribution in [2.75, 3.05) is 13.2 Å². The number of carbonyl (C=O) groups is 2. The van der Waals surface area contributed by atoms with Gasteiger partial charge in [0, 0.05) is 47.8 Å². The van der Waals surface area contributed by atoms with Crippen LogP contribution in [0.2, 0.25) is 0 Å². The molecule has 2 aliphatic heterocycles. The fourth-order valence-electron chi connectivity index (χ4n) is 5.05. The molecule has 0 amide bonds. The Balaban J connectivity index is 0.000000300. The van der Waals surface area contributed by atoms with Crippen LogP contribution in [0.5, 0.6) is 0 Å². The molecule has 0 aromatic carbocycles. The van der Waals surface area contributed by atoms with Crippen molar-refractivity contribution in [1.29, 1.82) is 0 Å². The molecule has 0 aromatic heterocycles. The van der Waals surface area contributed by atoms with Gasteiger partial charge in [-0.25, -0.2) is 0 Å². The maximum absolute atomic E-state index is 11.6. The fourth-order valence-corrected chi connectivity index (χ4v) is 5.05. The van der Waals surface area contributed by atoms with Crippen molar-refractivity contribution in [3.05, 3.63) is 0 Å². The van der Waals surface area contributed by atoms with Crippen LogP contribution in [0, 0.1) is 0 Å². The van der Waals surface area contributed by atoms with E-state index < -0.39 is 0 Å². The van der Waals surface area contributed by atoms with E-state index in [4.69, 9.17) is 9.68 Å². The number of ketones is 2. The van der Waals surface area contributed by atoms with Crippen molar-refractivity contribution < 1.29 is 19.3 Å². The van der Waals surface area contributed by atoms with E-state index in [0.29, 0.717) is 37.2 Å². The van der Waals surface area contributed by atoms with Gasteiger partial charge in [-0.05, 0) is 68.2 Å². The quantitative estimate of drug-likeness (QED) is 0.589. The Bertz CT molecular complexity index is 504. The molecular weight excluding hydrogens is 380 g/mol. The number of piperidine rings is 2. The highest BCUT2D eigenvalue weighted by atomic mass is 16.7. The van der Waals surface area contributed by atoms with Crippen LogP contribution in [-0.2, 0) is 19.3 Å². The highest BCUT2D eigenvalue weighted by molar-refractivity contribution is 5.82. The van der Waals surface area contributed by atoms with Crippen molar-refractivity contribution in [3.63, 3.8) is 0 Å². The van der Waals surface area contributed by atoms with Gasteiger partial charge in [0.2, 0.25) is 0 Å². The smallest absolute Gasteiger partial charge is 0.136 e. The standard InChI is InChI=1S/2C12H23NO2/c2*1-6-7-15-13-11(2,3)8-10(14)9-12(13,4)5/h2*6-9H2,1-5H3. The summed E-state index contributed by atoms with van der Waals surface area (Å²) in [7, 11) is 0. The summed E-state index contributed by atoms with van der Waals surface area (Å²) in [5.41, 5.74) is -0.746. The second-order valence-electron chi connectivity index (χ2n) is 11.3. The summed E-state index contributed by atoms with van der Waals surface area (Å²) in [6.45, 7) is 22.2. The van der Waals surface area contributed by atoms with E-state index in [-0.39, 0.29) is 22.2 Å². The Morgan fingerprint density at radius 3 is 1.03 bits per heavy atom. The molecule has 2 rings (SSSR count). The van der Waals surface area contributed by atoms with Gasteiger partial charge >= 0.3 is 0 Å². The molecule has 0 atom stereocenters. The highest BCUT2D eigenvalue weighted by Crippen LogP contribution is 2.37. The summed E-state index contributed by atoms with van der Waals surface area (Å²) in [5.74, 6) is 0.669. The number of hydroxylamine groups is 4. The zero-order chi connectivity index (χ0) is 23.4. The molecule has 6 heteroatoms. The Labute approximate surface area is 184 Å². The number of hydrogen-bond acceptors (Lipinski definition) is 6. The van der Waals surface area contributed by atoms with E-state index in [1.807, 2.05) is 10.1 Å². The van der Waals surface area contributed by atoms with E-state index in [1.165, 1.54) is 0 Å². The molecule has 2 saturated heterocycles. The Kier molecular flexibility index (Phi) is 9.25. The molecule has 0 saturated carbocycles. The van der Waals surface area contributed by atoms with Gasteiger partial charge < -0.3 is 0 Å². The van der Waals surface area contributed by atoms with Crippen molar-refractivity contribution in [2.24, 2.45) is 0 Å². The van der Waals surface area contributed by atoms with E-state index >= 15 is 0 Å². The third kappa shape index (κ3) is 7.11. The van der Waals surface area contributed by atoms with Gasteiger partial charge in [-0.1, -0.05) is 13.8 Å². The van der Waals surface area contributed by atoms with Crippen LogP contribution < -0.4 is 0 Å². The third-order valence-corrected chi connectivity index (χ3v) is 5.57. The molecule has 0 bridgehead atoms. The van der Waals surface area contributed by atoms with Crippen LogP contribution in [0.1, 0.15) is 108 Å². The second kappa shape index (κ2) is 10.2. The summed E-state index contributed by atoms with van der Waals surface area (Å²) in [4.78, 5) is 34.8. The average molecular weight is 427 g/mol. The molecular formula is C24H46N2O4. The van der Waals surface area contributed by atoms with Crippen molar-refractivity contribution in [1.82, 2.24) is 10.1 Å². The third-order valence-electron chi connectivity index (χ3n) is 5.57. The van der Waals surface area contributed by atoms with Crippen LogP contribution >= 0.6 is 0 Å². The lowest BCUT2D eigenvalue weighted by molar-refractivity contribution is -0.274. The molecule has 2 aliphatic rings. The topological polar surface area (TPSA) is 59.1 Å². The van der Waals surface area contributed by atoms with E-state index in [9.17, 15) is 9.59 Å². The molecule has 2 fully saturated rings. The Morgan fingerprint density at radius 1 is 0.600 bits per heavy atom. The summed E-state index contributed by atoms with van der Waals surface area (Å²) in [6, 6.07) is 0. The van der Waals surface area contributed by atoms with Crippen molar-refractivity contribution in [2.45, 2.75) is 130 Å². The minimum absolute atomic E-state index is 0.187. The van der Waals surface area contributed by atoms with Crippen LogP contribution in [0.3, 0.4) is 0 Å². The molecule has 0 N–H and O–H groups in total. The first-order valence-electron chi connectivity index (χ1n) is 11.5. The monoisotopic (exact) mass is 426 g/mol. The zero-order valence-electron chi connectivity index (χ0n) is 21.2. The van der Waals surface area contributed by atoms with Gasteiger partial charge in [-0.3, -0.25) is 19.3 Å². The highest BCUT2D eigenvalue weighted by Gasteiger charge is 2.47. The minimum Gasteiger partial charge on any atom is -0.300 e. The molecule has 0 spiro atoms. The number of rotatable bonds is 6. The van der Waals surface area contributed by atoms with Gasteiger partial charge in [0.15, 0.2) is 0 Å². The molecule has 176 valence electrons. The number of Topliss-reactive ketones (excluding diaryl/α,β-unsaturated/α-hetero) is 2. The SMILES string of the molecule is CCCON1C(C)(C)CC(=O)CC1(C)C.CCCON1C(C)(C)CC(=O)CC1(C)C. The average Bonchev–Trinajstić information content (AvgIpc) is 2.50. The lowest BCUT2D eigenvalue weighted by Crippen LogP contribution is -2.60. The molecule has 0 aromatic rings. The number of nitrogens with zero attached hydrogens (tertiary/aromatic N) is 2. The molecule has 0 unspecified atom stereocenters. The Morgan fingerprint density at radius 2 is 0.833 bits per heavy atom. The number of carbonyl (C=O) groups excluding carboxylic acids is 2. The fraction of sp³-hybridized carbons (Fsp3) is 0.917. The molecule has 0 aliphatic carbocycles. The van der Waals surface area contributed by atoms with Crippen molar-refractivity contribution in [3.8, 4) is 0 Å². The summed E-state index contributed by atoms with van der Waals surface area (Å²) in [6.07, 6.45) is 4.33. The molecule has 0 radical (unpaired) electrons. The number of hydrogen-bond donors (Lipinski definition) is 0. The van der Waals surface area contributed by atoms with Gasteiger partial charge in [0.25, 0.3) is 0 Å². The largest absolute Gasteiger partial charge is 0.300 e. The van der Waals surface area contributed by atoms with E-state index in [1.54, 1.807) is 0 Å². The van der Waals surface area contributed by atoms with E-state index in [2.05, 4.69) is 69.2 Å². The Hall–Kier alpha value is -0.820. The normalized spacial score (nSPS) is 25.5. The van der Waals surface area contributed by atoms with Crippen LogP contribution in [0.25, 0.3) is 0 Å². The van der Waals surface area contributed by atoms with Gasteiger partial charge in [-0.15, -0.1) is 0 Å². The zero-order valence-corrected chi connectivity index (χ0v) is 21.2. The minimum atomic E-state index is -0.187. The summed E-state index contributed by atoms with van der Waals surface area (Å²) >= 11 is 0. The molecule has 6 nitrogen and oxygen atoms in total. The predicted molar refractivity (Wildman–Crippen MR) is 121 cm³/mol. The maximum Gasteiger partial charge on any atom is 0.136 e.